The summed E-state index contributed by atoms with van der Waals surface area (Å²) in [6.45, 7) is 5.49. The van der Waals surface area contributed by atoms with E-state index in [1.165, 1.54) is 22.3 Å². The maximum absolute atomic E-state index is 8.97. The van der Waals surface area contributed by atoms with Gasteiger partial charge < -0.3 is 24.8 Å². The van der Waals surface area contributed by atoms with Crippen LogP contribution in [-0.4, -0.2) is 61.5 Å². The van der Waals surface area contributed by atoms with Crippen molar-refractivity contribution in [3.8, 4) is 0 Å². The van der Waals surface area contributed by atoms with Crippen molar-refractivity contribution in [1.29, 1.82) is 0 Å². The highest BCUT2D eigenvalue weighted by Crippen LogP contribution is 2.31. The summed E-state index contributed by atoms with van der Waals surface area (Å²) in [5.74, 6) is 0. The van der Waals surface area contributed by atoms with Crippen molar-refractivity contribution in [3.63, 3.8) is 0 Å². The summed E-state index contributed by atoms with van der Waals surface area (Å²) in [5.41, 5.74) is 4.90. The van der Waals surface area contributed by atoms with Crippen molar-refractivity contribution in [3.05, 3.63) is 144 Å². The Morgan fingerprint density at radius 3 is 1.30 bits per heavy atom. The van der Waals surface area contributed by atoms with Gasteiger partial charge in [-0.15, -0.1) is 0 Å². The number of rotatable bonds is 11. The number of ether oxygens (including phenoxy) is 2. The van der Waals surface area contributed by atoms with Crippen LogP contribution in [0.5, 0.6) is 0 Å². The first-order chi connectivity index (χ1) is 21.8. The van der Waals surface area contributed by atoms with E-state index in [4.69, 9.17) is 14.6 Å². The van der Waals surface area contributed by atoms with Gasteiger partial charge in [0, 0.05) is 26.2 Å². The molecule has 2 saturated heterocycles. The van der Waals surface area contributed by atoms with Gasteiger partial charge in [-0.05, 0) is 67.4 Å². The van der Waals surface area contributed by atoms with Gasteiger partial charge in [0.25, 0.3) is 0 Å². The van der Waals surface area contributed by atoms with Crippen LogP contribution in [0.25, 0.3) is 0 Å². The van der Waals surface area contributed by atoms with E-state index >= 15 is 0 Å². The second-order valence-electron chi connectivity index (χ2n) is 11.7. The van der Waals surface area contributed by atoms with Crippen molar-refractivity contribution in [2.45, 2.75) is 56.5 Å². The van der Waals surface area contributed by atoms with E-state index in [-0.39, 0.29) is 18.8 Å². The van der Waals surface area contributed by atoms with E-state index in [9.17, 15) is 0 Å². The third kappa shape index (κ3) is 9.85. The number of benzene rings is 4. The second-order valence-corrected chi connectivity index (χ2v) is 11.7. The van der Waals surface area contributed by atoms with E-state index in [0.717, 1.165) is 64.8 Å². The molecule has 0 radical (unpaired) electrons. The number of hydrogen-bond acceptors (Lipinski definition) is 5. The molecule has 4 aromatic carbocycles. The van der Waals surface area contributed by atoms with Crippen LogP contribution in [0.2, 0.25) is 0 Å². The van der Waals surface area contributed by atoms with Crippen LogP contribution in [0.4, 0.5) is 0 Å². The zero-order valence-electron chi connectivity index (χ0n) is 25.8. The Labute approximate surface area is 263 Å². The minimum absolute atomic E-state index is 0.00129. The lowest BCUT2D eigenvalue weighted by molar-refractivity contribution is -0.0274. The zero-order valence-corrected chi connectivity index (χ0v) is 25.8. The Hall–Kier alpha value is -3.32. The lowest BCUT2D eigenvalue weighted by atomic mass is 10.00. The van der Waals surface area contributed by atoms with Crippen LogP contribution in [0, 0.1) is 0 Å². The Morgan fingerprint density at radius 2 is 0.932 bits per heavy atom. The van der Waals surface area contributed by atoms with Crippen LogP contribution in [0.3, 0.4) is 0 Å². The van der Waals surface area contributed by atoms with Crippen LogP contribution < -0.4 is 5.32 Å². The van der Waals surface area contributed by atoms with Crippen LogP contribution in [-0.2, 0) is 9.47 Å². The molecule has 2 N–H and O–H groups in total. The molecule has 0 atom stereocenters. The van der Waals surface area contributed by atoms with Crippen molar-refractivity contribution in [2.24, 2.45) is 0 Å². The lowest BCUT2D eigenvalue weighted by Gasteiger charge is -2.34. The lowest BCUT2D eigenvalue weighted by Crippen LogP contribution is -2.38. The molecular weight excluding hydrogens is 544 g/mol. The maximum atomic E-state index is 8.97. The molecule has 4 aromatic rings. The summed E-state index contributed by atoms with van der Waals surface area (Å²) < 4.78 is 13.0. The fourth-order valence-corrected chi connectivity index (χ4v) is 6.09. The number of aliphatic hydroxyl groups excluding tert-OH is 1. The third-order valence-electron chi connectivity index (χ3n) is 8.52. The molecule has 0 aliphatic carbocycles. The molecule has 0 bridgehead atoms. The van der Waals surface area contributed by atoms with Gasteiger partial charge in [-0.2, -0.15) is 0 Å². The molecule has 232 valence electrons. The molecule has 0 unspecified atom stereocenters. The Kier molecular flexibility index (Phi) is 13.0. The normalized spacial score (nSPS) is 16.5. The van der Waals surface area contributed by atoms with E-state index in [1.54, 1.807) is 0 Å². The van der Waals surface area contributed by atoms with Gasteiger partial charge in [0.2, 0.25) is 0 Å². The van der Waals surface area contributed by atoms with E-state index in [0.29, 0.717) is 12.2 Å². The molecular formula is C39H48N2O3. The molecule has 2 heterocycles. The summed E-state index contributed by atoms with van der Waals surface area (Å²) in [6.07, 6.45) is 5.85. The molecule has 5 heteroatoms. The second kappa shape index (κ2) is 17.8. The van der Waals surface area contributed by atoms with Crippen molar-refractivity contribution < 1.29 is 14.6 Å². The Bertz CT molecular complexity index is 1210. The summed E-state index contributed by atoms with van der Waals surface area (Å²) in [6, 6.07) is 42.0. The van der Waals surface area contributed by atoms with Gasteiger partial charge in [-0.1, -0.05) is 121 Å². The minimum atomic E-state index is 0.00129. The van der Waals surface area contributed by atoms with E-state index in [1.807, 2.05) is 12.1 Å². The monoisotopic (exact) mass is 592 g/mol. The van der Waals surface area contributed by atoms with Gasteiger partial charge >= 0.3 is 0 Å². The molecule has 2 aliphatic heterocycles. The summed E-state index contributed by atoms with van der Waals surface area (Å²) in [4.78, 5) is 2.43. The number of piperidine rings is 2. The predicted octanol–water partition coefficient (Wildman–Crippen LogP) is 7.18. The first kappa shape index (κ1) is 32.1. The Balaban J connectivity index is 0.000000177. The summed E-state index contributed by atoms with van der Waals surface area (Å²) in [7, 11) is 0. The first-order valence-corrected chi connectivity index (χ1v) is 16.3. The summed E-state index contributed by atoms with van der Waals surface area (Å²) in [5, 5.41) is 12.4. The first-order valence-electron chi connectivity index (χ1n) is 16.3. The summed E-state index contributed by atoms with van der Waals surface area (Å²) >= 11 is 0. The molecule has 5 nitrogen and oxygen atoms in total. The standard InChI is InChI=1S/C21H27NO2.C18H21NO/c23-17-7-14-22-15-12-20(13-16-22)24-21(18-8-3-1-4-9-18)19-10-5-2-6-11-19;1-3-7-15(8-4-1)18(16-9-5-2-6-10-16)20-17-11-13-19-14-12-17/h1-6,8-11,20-21,23H,7,12-17H2;1-10,17-19H,11-14H2. The van der Waals surface area contributed by atoms with Crippen molar-refractivity contribution in [1.82, 2.24) is 10.2 Å². The maximum Gasteiger partial charge on any atom is 0.108 e. The number of hydrogen-bond donors (Lipinski definition) is 2. The van der Waals surface area contributed by atoms with Gasteiger partial charge in [-0.3, -0.25) is 0 Å². The van der Waals surface area contributed by atoms with Crippen LogP contribution in [0.1, 0.15) is 66.6 Å². The van der Waals surface area contributed by atoms with Gasteiger partial charge in [0.1, 0.15) is 12.2 Å². The average molecular weight is 593 g/mol. The van der Waals surface area contributed by atoms with Crippen molar-refractivity contribution >= 4 is 0 Å². The minimum Gasteiger partial charge on any atom is -0.396 e. The number of aliphatic hydroxyl groups is 1. The average Bonchev–Trinajstić information content (AvgIpc) is 3.11. The number of nitrogens with zero attached hydrogens (tertiary/aromatic N) is 1. The highest BCUT2D eigenvalue weighted by molar-refractivity contribution is 5.31. The smallest absolute Gasteiger partial charge is 0.108 e. The quantitative estimate of drug-likeness (QED) is 0.193. The molecule has 0 spiro atoms. The van der Waals surface area contributed by atoms with Crippen molar-refractivity contribution in [2.75, 3.05) is 39.3 Å². The largest absolute Gasteiger partial charge is 0.396 e. The molecule has 2 fully saturated rings. The highest BCUT2D eigenvalue weighted by atomic mass is 16.5. The molecule has 0 amide bonds. The third-order valence-corrected chi connectivity index (χ3v) is 8.52. The molecule has 6 rings (SSSR count). The highest BCUT2D eigenvalue weighted by Gasteiger charge is 2.25. The fourth-order valence-electron chi connectivity index (χ4n) is 6.09. The molecule has 44 heavy (non-hydrogen) atoms. The van der Waals surface area contributed by atoms with Crippen LogP contribution >= 0.6 is 0 Å². The number of likely N-dealkylation sites (tertiary alicyclic amines) is 1. The van der Waals surface area contributed by atoms with E-state index in [2.05, 4.69) is 119 Å². The van der Waals surface area contributed by atoms with Gasteiger partial charge in [0.15, 0.2) is 0 Å². The molecule has 0 aromatic heterocycles. The molecule has 2 aliphatic rings. The molecule has 0 saturated carbocycles. The predicted molar refractivity (Wildman–Crippen MR) is 179 cm³/mol. The number of nitrogens with one attached hydrogen (secondary N) is 1. The van der Waals surface area contributed by atoms with E-state index < -0.39 is 0 Å². The topological polar surface area (TPSA) is 54.0 Å². The van der Waals surface area contributed by atoms with Gasteiger partial charge in [-0.25, -0.2) is 0 Å². The van der Waals surface area contributed by atoms with Gasteiger partial charge in [0.05, 0.1) is 12.2 Å². The zero-order chi connectivity index (χ0) is 30.2. The fraction of sp³-hybridized carbons (Fsp3) is 0.385. The van der Waals surface area contributed by atoms with Crippen LogP contribution in [0.15, 0.2) is 121 Å². The Morgan fingerprint density at radius 1 is 0.568 bits per heavy atom. The SMILES string of the molecule is OCCCN1CCC(OC(c2ccccc2)c2ccccc2)CC1.c1ccc(C(OC2CCNCC2)c2ccccc2)cc1.